The van der Waals surface area contributed by atoms with Crippen molar-refractivity contribution in [1.29, 1.82) is 0 Å². The van der Waals surface area contributed by atoms with E-state index in [9.17, 15) is 4.79 Å². The van der Waals surface area contributed by atoms with Gasteiger partial charge >= 0.3 is 0 Å². The highest BCUT2D eigenvalue weighted by atomic mass is 16.5. The van der Waals surface area contributed by atoms with Crippen LogP contribution in [-0.4, -0.2) is 42.5 Å². The van der Waals surface area contributed by atoms with E-state index < -0.39 is 0 Å². The number of amides is 1. The van der Waals surface area contributed by atoms with Gasteiger partial charge in [-0.2, -0.15) is 5.10 Å². The molecule has 1 amide bonds. The van der Waals surface area contributed by atoms with E-state index in [0.717, 1.165) is 25.8 Å². The number of rotatable bonds is 3. The molecule has 0 bridgehead atoms. The molecule has 1 aliphatic heterocycles. The minimum atomic E-state index is -0.301. The fourth-order valence-corrected chi connectivity index (χ4v) is 2.23. The van der Waals surface area contributed by atoms with Gasteiger partial charge in [0.15, 0.2) is 0 Å². The number of hydrogen-bond acceptors (Lipinski definition) is 6. The SMILES string of the molecule is O=C(Nc1nnnn1C1CC1)c1cnn2c1OCCC2. The molecule has 0 unspecified atom stereocenters. The van der Waals surface area contributed by atoms with Crippen molar-refractivity contribution in [3.8, 4) is 5.88 Å². The third-order valence-corrected chi connectivity index (χ3v) is 3.40. The number of nitrogens with one attached hydrogen (secondary N) is 1. The van der Waals surface area contributed by atoms with Crippen molar-refractivity contribution in [2.45, 2.75) is 31.8 Å². The number of ether oxygens (including phenoxy) is 1. The highest BCUT2D eigenvalue weighted by Crippen LogP contribution is 2.35. The standard InChI is InChI=1S/C11H13N7O2/c19-9(8-6-12-17-4-1-5-20-10(8)17)13-11-14-15-16-18(11)7-2-3-7/h6-7H,1-5H2,(H,13,14,16,19). The first-order chi connectivity index (χ1) is 9.83. The average molecular weight is 275 g/mol. The average Bonchev–Trinajstić information content (AvgIpc) is 3.05. The molecule has 9 heteroatoms. The van der Waals surface area contributed by atoms with Crippen molar-refractivity contribution >= 4 is 11.9 Å². The molecule has 20 heavy (non-hydrogen) atoms. The Morgan fingerprint density at radius 2 is 2.35 bits per heavy atom. The summed E-state index contributed by atoms with van der Waals surface area (Å²) in [5.41, 5.74) is 0.412. The smallest absolute Gasteiger partial charge is 0.265 e. The number of anilines is 1. The molecule has 1 N–H and O–H groups in total. The van der Waals surface area contributed by atoms with Gasteiger partial charge in [-0.1, -0.05) is 5.10 Å². The minimum Gasteiger partial charge on any atom is -0.477 e. The molecule has 104 valence electrons. The van der Waals surface area contributed by atoms with Gasteiger partial charge < -0.3 is 4.74 Å². The molecule has 1 fully saturated rings. The summed E-state index contributed by atoms with van der Waals surface area (Å²) in [5, 5.41) is 18.2. The van der Waals surface area contributed by atoms with Crippen LogP contribution >= 0.6 is 0 Å². The van der Waals surface area contributed by atoms with Gasteiger partial charge in [-0.15, -0.1) is 0 Å². The molecular formula is C11H13N7O2. The summed E-state index contributed by atoms with van der Waals surface area (Å²) in [4.78, 5) is 12.3. The van der Waals surface area contributed by atoms with E-state index in [0.29, 0.717) is 30.0 Å². The Bertz CT molecular complexity index is 658. The van der Waals surface area contributed by atoms with Crippen molar-refractivity contribution in [3.05, 3.63) is 11.8 Å². The zero-order valence-corrected chi connectivity index (χ0v) is 10.7. The largest absolute Gasteiger partial charge is 0.477 e. The van der Waals surface area contributed by atoms with Crippen molar-refractivity contribution in [2.24, 2.45) is 0 Å². The molecule has 2 aromatic heterocycles. The first-order valence-electron chi connectivity index (χ1n) is 6.61. The van der Waals surface area contributed by atoms with E-state index in [-0.39, 0.29) is 5.91 Å². The molecule has 3 heterocycles. The first-order valence-corrected chi connectivity index (χ1v) is 6.61. The van der Waals surface area contributed by atoms with Crippen LogP contribution < -0.4 is 10.1 Å². The van der Waals surface area contributed by atoms with E-state index in [1.807, 2.05) is 0 Å². The number of carbonyl (C=O) groups excluding carboxylic acids is 1. The Morgan fingerprint density at radius 1 is 1.45 bits per heavy atom. The highest BCUT2D eigenvalue weighted by Gasteiger charge is 2.29. The number of nitrogens with zero attached hydrogens (tertiary/aromatic N) is 6. The number of carbonyl (C=O) groups is 1. The van der Waals surface area contributed by atoms with E-state index in [1.165, 1.54) is 6.20 Å². The van der Waals surface area contributed by atoms with Gasteiger partial charge in [0.2, 0.25) is 11.8 Å². The molecule has 0 atom stereocenters. The van der Waals surface area contributed by atoms with Gasteiger partial charge in [0.1, 0.15) is 5.56 Å². The molecule has 0 saturated heterocycles. The van der Waals surface area contributed by atoms with E-state index in [4.69, 9.17) is 4.74 Å². The summed E-state index contributed by atoms with van der Waals surface area (Å²) < 4.78 is 8.85. The van der Waals surface area contributed by atoms with Gasteiger partial charge in [0, 0.05) is 13.0 Å². The molecule has 0 spiro atoms. The quantitative estimate of drug-likeness (QED) is 0.861. The normalized spacial score (nSPS) is 17.4. The predicted molar refractivity (Wildman–Crippen MR) is 66.4 cm³/mol. The number of tetrazole rings is 1. The summed E-state index contributed by atoms with van der Waals surface area (Å²) in [6.45, 7) is 1.37. The Balaban J connectivity index is 1.58. The van der Waals surface area contributed by atoms with Crippen LogP contribution in [0.5, 0.6) is 5.88 Å². The Kier molecular flexibility index (Phi) is 2.44. The summed E-state index contributed by atoms with van der Waals surface area (Å²) in [5.74, 6) is 0.581. The van der Waals surface area contributed by atoms with Crippen LogP contribution in [0.2, 0.25) is 0 Å². The maximum absolute atomic E-state index is 12.3. The van der Waals surface area contributed by atoms with Crippen molar-refractivity contribution in [1.82, 2.24) is 30.0 Å². The van der Waals surface area contributed by atoms with Crippen LogP contribution in [0.25, 0.3) is 0 Å². The van der Waals surface area contributed by atoms with Gasteiger partial charge in [0.25, 0.3) is 5.91 Å². The molecule has 1 aliphatic carbocycles. The summed E-state index contributed by atoms with van der Waals surface area (Å²) in [7, 11) is 0. The second-order valence-corrected chi connectivity index (χ2v) is 4.92. The highest BCUT2D eigenvalue weighted by molar-refractivity contribution is 6.04. The van der Waals surface area contributed by atoms with E-state index in [2.05, 4.69) is 25.9 Å². The summed E-state index contributed by atoms with van der Waals surface area (Å²) in [6.07, 6.45) is 4.50. The van der Waals surface area contributed by atoms with E-state index >= 15 is 0 Å². The molecule has 2 aromatic rings. The van der Waals surface area contributed by atoms with Crippen LogP contribution in [-0.2, 0) is 6.54 Å². The van der Waals surface area contributed by atoms with Gasteiger partial charge in [-0.3, -0.25) is 10.1 Å². The maximum Gasteiger partial charge on any atom is 0.265 e. The molecular weight excluding hydrogens is 262 g/mol. The summed E-state index contributed by atoms with van der Waals surface area (Å²) in [6, 6.07) is 0.303. The number of aryl methyl sites for hydroxylation is 1. The van der Waals surface area contributed by atoms with Crippen molar-refractivity contribution in [3.63, 3.8) is 0 Å². The Morgan fingerprint density at radius 3 is 3.20 bits per heavy atom. The first kappa shape index (κ1) is 11.4. The Hall–Kier alpha value is -2.45. The van der Waals surface area contributed by atoms with Crippen molar-refractivity contribution in [2.75, 3.05) is 11.9 Å². The third-order valence-electron chi connectivity index (χ3n) is 3.40. The lowest BCUT2D eigenvalue weighted by molar-refractivity contribution is 0.101. The maximum atomic E-state index is 12.3. The number of hydrogen-bond donors (Lipinski definition) is 1. The molecule has 9 nitrogen and oxygen atoms in total. The summed E-state index contributed by atoms with van der Waals surface area (Å²) >= 11 is 0. The van der Waals surface area contributed by atoms with Crippen LogP contribution in [0.3, 0.4) is 0 Å². The zero-order chi connectivity index (χ0) is 13.5. The third kappa shape index (κ3) is 1.82. The van der Waals surface area contributed by atoms with Crippen LogP contribution in [0, 0.1) is 0 Å². The Labute approximate surface area is 113 Å². The lowest BCUT2D eigenvalue weighted by Gasteiger charge is -2.15. The molecule has 0 aromatic carbocycles. The number of aromatic nitrogens is 6. The lowest BCUT2D eigenvalue weighted by Crippen LogP contribution is -2.20. The second kappa shape index (κ2) is 4.29. The fraction of sp³-hybridized carbons (Fsp3) is 0.545. The van der Waals surface area contributed by atoms with Crippen LogP contribution in [0.15, 0.2) is 6.20 Å². The zero-order valence-electron chi connectivity index (χ0n) is 10.7. The molecule has 2 aliphatic rings. The molecule has 0 radical (unpaired) electrons. The van der Waals surface area contributed by atoms with Crippen molar-refractivity contribution < 1.29 is 9.53 Å². The minimum absolute atomic E-state index is 0.301. The number of fused-ring (bicyclic) bond motifs is 1. The van der Waals surface area contributed by atoms with Crippen LogP contribution in [0.1, 0.15) is 35.7 Å². The monoisotopic (exact) mass is 275 g/mol. The fourth-order valence-electron chi connectivity index (χ4n) is 2.23. The topological polar surface area (TPSA) is 99.8 Å². The second-order valence-electron chi connectivity index (χ2n) is 4.92. The van der Waals surface area contributed by atoms with E-state index in [1.54, 1.807) is 9.36 Å². The van der Waals surface area contributed by atoms with Gasteiger partial charge in [-0.05, 0) is 23.3 Å². The van der Waals surface area contributed by atoms with Gasteiger partial charge in [-0.25, -0.2) is 9.36 Å². The van der Waals surface area contributed by atoms with Crippen LogP contribution in [0.4, 0.5) is 5.95 Å². The predicted octanol–water partition coefficient (Wildman–Crippen LogP) is 0.239. The molecule has 4 rings (SSSR count). The van der Waals surface area contributed by atoms with Gasteiger partial charge in [0.05, 0.1) is 18.8 Å². The molecule has 1 saturated carbocycles. The lowest BCUT2D eigenvalue weighted by atomic mass is 10.3.